The maximum absolute atomic E-state index is 11.8. The van der Waals surface area contributed by atoms with Crippen molar-refractivity contribution in [1.82, 2.24) is 5.32 Å². The molecular formula is C14H25NO. The third-order valence-electron chi connectivity index (χ3n) is 4.63. The first-order valence-electron chi connectivity index (χ1n) is 6.94. The van der Waals surface area contributed by atoms with Crippen LogP contribution < -0.4 is 5.32 Å². The van der Waals surface area contributed by atoms with E-state index in [1.807, 2.05) is 0 Å². The summed E-state index contributed by atoms with van der Waals surface area (Å²) in [5, 5.41) is 3.30. The van der Waals surface area contributed by atoms with E-state index in [-0.39, 0.29) is 0 Å². The van der Waals surface area contributed by atoms with Gasteiger partial charge in [-0.2, -0.15) is 0 Å². The molecule has 4 atom stereocenters. The van der Waals surface area contributed by atoms with Gasteiger partial charge in [0.15, 0.2) is 0 Å². The number of ketones is 1. The van der Waals surface area contributed by atoms with Crippen LogP contribution in [0.3, 0.4) is 0 Å². The van der Waals surface area contributed by atoms with Gasteiger partial charge in [-0.15, -0.1) is 0 Å². The van der Waals surface area contributed by atoms with Crippen molar-refractivity contribution < 1.29 is 4.79 Å². The van der Waals surface area contributed by atoms with Gasteiger partial charge in [-0.3, -0.25) is 4.79 Å². The number of carbonyl (C=O) groups is 1. The molecule has 2 nitrogen and oxygen atoms in total. The van der Waals surface area contributed by atoms with Crippen LogP contribution in [0.2, 0.25) is 0 Å². The van der Waals surface area contributed by atoms with Gasteiger partial charge in [0.2, 0.25) is 0 Å². The highest BCUT2D eigenvalue weighted by molar-refractivity contribution is 5.80. The molecule has 4 unspecified atom stereocenters. The number of carbonyl (C=O) groups excluding carboxylic acids is 1. The third kappa shape index (κ3) is 2.85. The van der Waals surface area contributed by atoms with Crippen LogP contribution in [0.15, 0.2) is 0 Å². The summed E-state index contributed by atoms with van der Waals surface area (Å²) < 4.78 is 0. The number of Topliss-reactive ketones (excluding diaryl/α,β-unsaturated/α-hetero) is 1. The van der Waals surface area contributed by atoms with Crippen molar-refractivity contribution in [2.24, 2.45) is 17.8 Å². The number of hydrogen-bond acceptors (Lipinski definition) is 2. The molecule has 16 heavy (non-hydrogen) atoms. The van der Waals surface area contributed by atoms with E-state index in [2.05, 4.69) is 19.2 Å². The van der Waals surface area contributed by atoms with E-state index in [1.54, 1.807) is 0 Å². The van der Waals surface area contributed by atoms with Crippen LogP contribution in [-0.4, -0.2) is 18.4 Å². The van der Waals surface area contributed by atoms with Crippen LogP contribution in [0.25, 0.3) is 0 Å². The van der Waals surface area contributed by atoms with Crippen molar-refractivity contribution in [2.75, 3.05) is 6.54 Å². The van der Waals surface area contributed by atoms with Crippen molar-refractivity contribution in [2.45, 2.75) is 58.4 Å². The molecule has 2 heteroatoms. The van der Waals surface area contributed by atoms with Crippen LogP contribution in [0, 0.1) is 17.8 Å². The summed E-state index contributed by atoms with van der Waals surface area (Å²) in [6, 6.07) is 0.476. The van der Waals surface area contributed by atoms with Crippen molar-refractivity contribution >= 4 is 5.78 Å². The van der Waals surface area contributed by atoms with Gasteiger partial charge in [-0.1, -0.05) is 13.3 Å². The Bertz CT molecular complexity index is 251. The van der Waals surface area contributed by atoms with E-state index in [9.17, 15) is 4.79 Å². The molecule has 2 aliphatic carbocycles. The summed E-state index contributed by atoms with van der Waals surface area (Å²) in [4.78, 5) is 11.8. The van der Waals surface area contributed by atoms with Crippen molar-refractivity contribution in [3.05, 3.63) is 0 Å². The number of fused-ring (bicyclic) bond motifs is 2. The van der Waals surface area contributed by atoms with E-state index in [0.29, 0.717) is 18.4 Å². The molecule has 0 amide bonds. The van der Waals surface area contributed by atoms with E-state index < -0.39 is 0 Å². The zero-order valence-electron chi connectivity index (χ0n) is 10.7. The Morgan fingerprint density at radius 1 is 1.38 bits per heavy atom. The fraction of sp³-hybridized carbons (Fsp3) is 0.929. The molecule has 2 fully saturated rings. The lowest BCUT2D eigenvalue weighted by molar-refractivity contribution is -0.119. The molecule has 92 valence electrons. The molecule has 2 aliphatic rings. The largest absolute Gasteiger partial charge is 0.308 e. The highest BCUT2D eigenvalue weighted by Gasteiger charge is 2.39. The molecule has 2 bridgehead atoms. The van der Waals surface area contributed by atoms with Crippen LogP contribution in [0.4, 0.5) is 0 Å². The van der Waals surface area contributed by atoms with Gasteiger partial charge >= 0.3 is 0 Å². The lowest BCUT2D eigenvalue weighted by atomic mass is 9.85. The summed E-state index contributed by atoms with van der Waals surface area (Å²) in [5.74, 6) is 3.01. The molecule has 2 rings (SSSR count). The van der Waals surface area contributed by atoms with Gasteiger partial charge in [0.05, 0.1) is 6.54 Å². The second-order valence-electron chi connectivity index (χ2n) is 5.87. The van der Waals surface area contributed by atoms with Gasteiger partial charge in [0.25, 0.3) is 0 Å². The Hall–Kier alpha value is -0.370. The molecule has 0 aromatic rings. The Kier molecular flexibility index (Phi) is 4.01. The SMILES string of the molecule is CCC(C)NCC(=O)CC1CC2CCC1C2. The zero-order chi connectivity index (χ0) is 11.5. The normalized spacial score (nSPS) is 34.2. The molecule has 1 N–H and O–H groups in total. The molecule has 2 saturated carbocycles. The van der Waals surface area contributed by atoms with Crippen molar-refractivity contribution in [3.63, 3.8) is 0 Å². The van der Waals surface area contributed by atoms with Crippen LogP contribution in [-0.2, 0) is 4.79 Å². The first-order valence-corrected chi connectivity index (χ1v) is 6.94. The molecular weight excluding hydrogens is 198 g/mol. The van der Waals surface area contributed by atoms with Gasteiger partial charge in [0.1, 0.15) is 5.78 Å². The minimum absolute atomic E-state index is 0.429. The zero-order valence-corrected chi connectivity index (χ0v) is 10.7. The maximum atomic E-state index is 11.8. The topological polar surface area (TPSA) is 29.1 Å². The van der Waals surface area contributed by atoms with Gasteiger partial charge in [0, 0.05) is 12.5 Å². The van der Waals surface area contributed by atoms with E-state index in [1.165, 1.54) is 25.7 Å². The summed E-state index contributed by atoms with van der Waals surface area (Å²) >= 11 is 0. The molecule has 0 radical (unpaired) electrons. The average Bonchev–Trinajstić information content (AvgIpc) is 2.87. The van der Waals surface area contributed by atoms with E-state index in [0.717, 1.165) is 30.6 Å². The summed E-state index contributed by atoms with van der Waals surface area (Å²) in [7, 11) is 0. The van der Waals surface area contributed by atoms with E-state index >= 15 is 0 Å². The molecule has 0 heterocycles. The highest BCUT2D eigenvalue weighted by atomic mass is 16.1. The fourth-order valence-electron chi connectivity index (χ4n) is 3.42. The molecule has 0 aliphatic heterocycles. The molecule has 0 spiro atoms. The lowest BCUT2D eigenvalue weighted by Crippen LogP contribution is -2.32. The quantitative estimate of drug-likeness (QED) is 0.750. The smallest absolute Gasteiger partial charge is 0.146 e. The maximum Gasteiger partial charge on any atom is 0.146 e. The lowest BCUT2D eigenvalue weighted by Gasteiger charge is -2.21. The van der Waals surface area contributed by atoms with Gasteiger partial charge < -0.3 is 5.32 Å². The first kappa shape index (κ1) is 12.1. The second-order valence-corrected chi connectivity index (χ2v) is 5.87. The highest BCUT2D eigenvalue weighted by Crippen LogP contribution is 2.49. The second kappa shape index (κ2) is 5.31. The van der Waals surface area contributed by atoms with Gasteiger partial charge in [-0.25, -0.2) is 0 Å². The molecule has 0 saturated heterocycles. The summed E-state index contributed by atoms with van der Waals surface area (Å²) in [6.07, 6.45) is 7.50. The molecule has 0 aromatic carbocycles. The van der Waals surface area contributed by atoms with Crippen LogP contribution in [0.5, 0.6) is 0 Å². The third-order valence-corrected chi connectivity index (χ3v) is 4.63. The van der Waals surface area contributed by atoms with Crippen molar-refractivity contribution in [1.29, 1.82) is 0 Å². The number of nitrogens with one attached hydrogen (secondary N) is 1. The fourth-order valence-corrected chi connectivity index (χ4v) is 3.42. The predicted octanol–water partition coefficient (Wildman–Crippen LogP) is 2.77. The van der Waals surface area contributed by atoms with E-state index in [4.69, 9.17) is 0 Å². The Morgan fingerprint density at radius 3 is 2.75 bits per heavy atom. The standard InChI is InChI=1S/C14H25NO/c1-3-10(2)15-9-14(16)8-13-7-11-4-5-12(13)6-11/h10-13,15H,3-9H2,1-2H3. The predicted molar refractivity (Wildman–Crippen MR) is 66.3 cm³/mol. The summed E-state index contributed by atoms with van der Waals surface area (Å²) in [6.45, 7) is 4.88. The summed E-state index contributed by atoms with van der Waals surface area (Å²) in [5.41, 5.74) is 0. The number of rotatable bonds is 6. The minimum Gasteiger partial charge on any atom is -0.308 e. The Morgan fingerprint density at radius 2 is 2.19 bits per heavy atom. The minimum atomic E-state index is 0.429. The average molecular weight is 223 g/mol. The van der Waals surface area contributed by atoms with Crippen LogP contribution >= 0.6 is 0 Å². The Balaban J connectivity index is 1.67. The Labute approximate surface area is 99.2 Å². The van der Waals surface area contributed by atoms with Gasteiger partial charge in [-0.05, 0) is 50.4 Å². The first-order chi connectivity index (χ1) is 7.69. The molecule has 0 aromatic heterocycles. The van der Waals surface area contributed by atoms with Crippen molar-refractivity contribution in [3.8, 4) is 0 Å². The van der Waals surface area contributed by atoms with Crippen LogP contribution in [0.1, 0.15) is 52.4 Å². The number of hydrogen-bond donors (Lipinski definition) is 1. The monoisotopic (exact) mass is 223 g/mol.